The predicted molar refractivity (Wildman–Crippen MR) is 133 cm³/mol. The second-order valence-corrected chi connectivity index (χ2v) is 9.44. The zero-order valence-corrected chi connectivity index (χ0v) is 21.1. The van der Waals surface area contributed by atoms with Gasteiger partial charge < -0.3 is 20.1 Å². The van der Waals surface area contributed by atoms with Gasteiger partial charge in [-0.05, 0) is 12.8 Å². The van der Waals surface area contributed by atoms with Gasteiger partial charge in [-0.1, -0.05) is 116 Å². The van der Waals surface area contributed by atoms with E-state index >= 15 is 0 Å². The van der Waals surface area contributed by atoms with Gasteiger partial charge in [0.05, 0.1) is 13.2 Å². The van der Waals surface area contributed by atoms with Crippen molar-refractivity contribution in [3.8, 4) is 0 Å². The van der Waals surface area contributed by atoms with E-state index < -0.39 is 12.1 Å². The van der Waals surface area contributed by atoms with Crippen LogP contribution >= 0.6 is 0 Å². The maximum absolute atomic E-state index is 11.5. The number of rotatable bonds is 26. The van der Waals surface area contributed by atoms with Crippen LogP contribution in [-0.4, -0.2) is 46.6 Å². The van der Waals surface area contributed by atoms with Gasteiger partial charge in [0.15, 0.2) is 0 Å². The number of carboxylic acids is 1. The van der Waals surface area contributed by atoms with E-state index in [1.807, 2.05) is 0 Å². The SMILES string of the molecule is O=C(O)CCCCCCCCCCCCCCCCCCCCCCC(=O)OC(CO)CO. The summed E-state index contributed by atoms with van der Waals surface area (Å²) in [6, 6.07) is 0. The van der Waals surface area contributed by atoms with Gasteiger partial charge in [-0.3, -0.25) is 9.59 Å². The van der Waals surface area contributed by atoms with Crippen LogP contribution in [0.4, 0.5) is 0 Å². The molecule has 33 heavy (non-hydrogen) atoms. The van der Waals surface area contributed by atoms with Crippen molar-refractivity contribution in [2.24, 2.45) is 0 Å². The van der Waals surface area contributed by atoms with Crippen molar-refractivity contribution in [2.75, 3.05) is 13.2 Å². The molecule has 0 rings (SSSR count). The lowest BCUT2D eigenvalue weighted by molar-refractivity contribution is -0.153. The molecule has 6 nitrogen and oxygen atoms in total. The highest BCUT2D eigenvalue weighted by molar-refractivity contribution is 5.69. The third-order valence-electron chi connectivity index (χ3n) is 6.23. The van der Waals surface area contributed by atoms with E-state index in [0.717, 1.165) is 32.1 Å². The maximum atomic E-state index is 11.5. The van der Waals surface area contributed by atoms with Gasteiger partial charge in [0.2, 0.25) is 0 Å². The number of unbranched alkanes of at least 4 members (excludes halogenated alkanes) is 19. The average molecular weight is 473 g/mol. The molecule has 0 aliphatic rings. The Morgan fingerprint density at radius 2 is 0.758 bits per heavy atom. The molecule has 0 bridgehead atoms. The molecule has 0 aliphatic carbocycles. The van der Waals surface area contributed by atoms with Gasteiger partial charge in [-0.2, -0.15) is 0 Å². The molecule has 0 heterocycles. The van der Waals surface area contributed by atoms with Crippen LogP contribution in [0.1, 0.15) is 141 Å². The van der Waals surface area contributed by atoms with E-state index in [-0.39, 0.29) is 19.2 Å². The van der Waals surface area contributed by atoms with Gasteiger partial charge in [0, 0.05) is 12.8 Å². The Bertz CT molecular complexity index is 436. The number of carbonyl (C=O) groups is 2. The van der Waals surface area contributed by atoms with Crippen molar-refractivity contribution in [3.05, 3.63) is 0 Å². The monoisotopic (exact) mass is 472 g/mol. The Balaban J connectivity index is 3.14. The Labute approximate surface area is 202 Å². The first-order valence-electron chi connectivity index (χ1n) is 13.7. The summed E-state index contributed by atoms with van der Waals surface area (Å²) in [4.78, 5) is 22.0. The lowest BCUT2D eigenvalue weighted by Gasteiger charge is -2.12. The Morgan fingerprint density at radius 3 is 1.03 bits per heavy atom. The first kappa shape index (κ1) is 31.9. The van der Waals surface area contributed by atoms with Crippen LogP contribution in [0, 0.1) is 0 Å². The zero-order chi connectivity index (χ0) is 24.4. The fourth-order valence-electron chi connectivity index (χ4n) is 4.10. The van der Waals surface area contributed by atoms with E-state index in [2.05, 4.69) is 0 Å². The van der Waals surface area contributed by atoms with Gasteiger partial charge in [0.25, 0.3) is 0 Å². The Hall–Kier alpha value is -1.14. The molecule has 0 saturated heterocycles. The highest BCUT2D eigenvalue weighted by Gasteiger charge is 2.11. The summed E-state index contributed by atoms with van der Waals surface area (Å²) in [6.45, 7) is -0.660. The molecule has 0 amide bonds. The van der Waals surface area contributed by atoms with E-state index in [1.165, 1.54) is 96.3 Å². The number of hydrogen-bond donors (Lipinski definition) is 3. The molecule has 0 aromatic rings. The average Bonchev–Trinajstić information content (AvgIpc) is 2.80. The molecule has 0 spiro atoms. The number of ether oxygens (including phenoxy) is 1. The minimum absolute atomic E-state index is 0.322. The van der Waals surface area contributed by atoms with Crippen LogP contribution in [0.3, 0.4) is 0 Å². The topological polar surface area (TPSA) is 104 Å². The molecular formula is C27H52O6. The van der Waals surface area contributed by atoms with Crippen molar-refractivity contribution >= 4 is 11.9 Å². The summed E-state index contributed by atoms with van der Waals surface area (Å²) in [5.74, 6) is -1.00. The van der Waals surface area contributed by atoms with Gasteiger partial charge in [0.1, 0.15) is 6.10 Å². The van der Waals surface area contributed by atoms with Crippen LogP contribution in [0.15, 0.2) is 0 Å². The van der Waals surface area contributed by atoms with Crippen LogP contribution < -0.4 is 0 Å². The number of hydrogen-bond acceptors (Lipinski definition) is 5. The molecule has 0 aromatic carbocycles. The van der Waals surface area contributed by atoms with Crippen molar-refractivity contribution in [3.63, 3.8) is 0 Å². The Kier molecular flexibility index (Phi) is 24.6. The smallest absolute Gasteiger partial charge is 0.306 e. The molecule has 0 fully saturated rings. The Morgan fingerprint density at radius 1 is 0.485 bits per heavy atom. The van der Waals surface area contributed by atoms with Crippen molar-refractivity contribution in [2.45, 2.75) is 147 Å². The maximum Gasteiger partial charge on any atom is 0.306 e. The third kappa shape index (κ3) is 25.3. The summed E-state index contributed by atoms with van der Waals surface area (Å²) in [5.41, 5.74) is 0. The standard InChI is InChI=1S/C27H52O6/c28-23-25(24-29)33-27(32)22-20-18-16-14-12-10-8-6-4-2-1-3-5-7-9-11-13-15-17-19-21-26(30)31/h25,28-29H,1-24H2,(H,30,31). The van der Waals surface area contributed by atoms with Crippen LogP contribution in [0.5, 0.6) is 0 Å². The van der Waals surface area contributed by atoms with Gasteiger partial charge >= 0.3 is 11.9 Å². The van der Waals surface area contributed by atoms with Crippen molar-refractivity contribution < 1.29 is 29.6 Å². The van der Waals surface area contributed by atoms with E-state index in [0.29, 0.717) is 12.8 Å². The normalized spacial score (nSPS) is 11.2. The van der Waals surface area contributed by atoms with Gasteiger partial charge in [-0.15, -0.1) is 0 Å². The van der Waals surface area contributed by atoms with Gasteiger partial charge in [-0.25, -0.2) is 0 Å². The number of esters is 1. The minimum atomic E-state index is -0.775. The molecule has 0 aliphatic heterocycles. The molecule has 0 radical (unpaired) electrons. The molecule has 3 N–H and O–H groups in total. The first-order valence-corrected chi connectivity index (χ1v) is 13.7. The molecule has 0 unspecified atom stereocenters. The van der Waals surface area contributed by atoms with E-state index in [9.17, 15) is 9.59 Å². The first-order chi connectivity index (χ1) is 16.1. The number of aliphatic hydroxyl groups is 2. The third-order valence-corrected chi connectivity index (χ3v) is 6.23. The van der Waals surface area contributed by atoms with Crippen LogP contribution in [0.25, 0.3) is 0 Å². The fraction of sp³-hybridized carbons (Fsp3) is 0.926. The lowest BCUT2D eigenvalue weighted by atomic mass is 10.0. The molecule has 0 aromatic heterocycles. The summed E-state index contributed by atoms with van der Waals surface area (Å²) in [5, 5.41) is 26.4. The lowest BCUT2D eigenvalue weighted by Crippen LogP contribution is -2.25. The number of carbonyl (C=O) groups excluding carboxylic acids is 1. The highest BCUT2D eigenvalue weighted by atomic mass is 16.6. The molecule has 6 heteroatoms. The summed E-state index contributed by atoms with van der Waals surface area (Å²) in [6.07, 6.45) is 24.6. The number of carboxylic acid groups (broad SMARTS) is 1. The highest BCUT2D eigenvalue weighted by Crippen LogP contribution is 2.15. The fourth-order valence-corrected chi connectivity index (χ4v) is 4.10. The summed E-state index contributed by atoms with van der Waals surface area (Å²) >= 11 is 0. The molecular weight excluding hydrogens is 420 g/mol. The van der Waals surface area contributed by atoms with Crippen molar-refractivity contribution in [1.82, 2.24) is 0 Å². The van der Waals surface area contributed by atoms with E-state index in [1.54, 1.807) is 0 Å². The molecule has 196 valence electrons. The molecule has 0 saturated carbocycles. The number of aliphatic carboxylic acids is 1. The quantitative estimate of drug-likeness (QED) is 0.0974. The largest absolute Gasteiger partial charge is 0.481 e. The number of aliphatic hydroxyl groups excluding tert-OH is 2. The summed E-state index contributed by atoms with van der Waals surface area (Å²) < 4.78 is 4.95. The van der Waals surface area contributed by atoms with Crippen molar-refractivity contribution in [1.29, 1.82) is 0 Å². The summed E-state index contributed by atoms with van der Waals surface area (Å²) in [7, 11) is 0. The zero-order valence-electron chi connectivity index (χ0n) is 21.1. The van der Waals surface area contributed by atoms with Crippen LogP contribution in [-0.2, 0) is 14.3 Å². The minimum Gasteiger partial charge on any atom is -0.481 e. The van der Waals surface area contributed by atoms with Crippen LogP contribution in [0.2, 0.25) is 0 Å². The molecule has 0 atom stereocenters. The predicted octanol–water partition coefficient (Wildman–Crippen LogP) is 6.55. The second kappa shape index (κ2) is 25.5. The van der Waals surface area contributed by atoms with E-state index in [4.69, 9.17) is 20.1 Å². The second-order valence-electron chi connectivity index (χ2n) is 9.44.